The van der Waals surface area contributed by atoms with Crippen molar-refractivity contribution < 1.29 is 9.59 Å². The Bertz CT molecular complexity index is 866. The monoisotopic (exact) mass is 447 g/mol. The summed E-state index contributed by atoms with van der Waals surface area (Å²) in [6, 6.07) is 14.7. The van der Waals surface area contributed by atoms with Crippen molar-refractivity contribution >= 4 is 50.7 Å². The van der Waals surface area contributed by atoms with E-state index in [-0.39, 0.29) is 24.3 Å². The number of carbonyl (C=O) groups is 2. The van der Waals surface area contributed by atoms with Crippen molar-refractivity contribution in [1.82, 2.24) is 4.90 Å². The van der Waals surface area contributed by atoms with Gasteiger partial charge < -0.3 is 4.90 Å². The molecule has 0 aliphatic carbocycles. The summed E-state index contributed by atoms with van der Waals surface area (Å²) in [6.45, 7) is 3.09. The van der Waals surface area contributed by atoms with Crippen LogP contribution >= 0.6 is 27.5 Å². The van der Waals surface area contributed by atoms with Crippen molar-refractivity contribution in [1.29, 1.82) is 0 Å². The van der Waals surface area contributed by atoms with E-state index >= 15 is 0 Å². The molecule has 1 atom stereocenters. The van der Waals surface area contributed by atoms with E-state index in [1.807, 2.05) is 36.4 Å². The van der Waals surface area contributed by atoms with Crippen LogP contribution in [0.15, 0.2) is 53.0 Å². The van der Waals surface area contributed by atoms with Gasteiger partial charge in [0, 0.05) is 41.4 Å². The van der Waals surface area contributed by atoms with E-state index in [0.717, 1.165) is 41.4 Å². The molecule has 2 fully saturated rings. The highest BCUT2D eigenvalue weighted by atomic mass is 79.9. The number of rotatable bonds is 3. The fraction of sp³-hybridized carbons (Fsp3) is 0.300. The van der Waals surface area contributed by atoms with Crippen molar-refractivity contribution in [3.8, 4) is 0 Å². The highest BCUT2D eigenvalue weighted by Crippen LogP contribution is 2.28. The number of hydrogen-bond donors (Lipinski definition) is 0. The van der Waals surface area contributed by atoms with Crippen LogP contribution in [-0.2, 0) is 9.59 Å². The van der Waals surface area contributed by atoms with Crippen LogP contribution in [0.5, 0.6) is 0 Å². The maximum Gasteiger partial charge on any atom is 0.251 e. The molecule has 2 amide bonds. The fourth-order valence-corrected chi connectivity index (χ4v) is 4.18. The second-order valence-electron chi connectivity index (χ2n) is 6.77. The molecule has 2 aliphatic heterocycles. The zero-order valence-corrected chi connectivity index (χ0v) is 17.0. The number of carbonyl (C=O) groups excluding carboxylic acids is 2. The first-order valence-corrected chi connectivity index (χ1v) is 10.1. The van der Waals surface area contributed by atoms with Crippen LogP contribution in [0, 0.1) is 0 Å². The Labute approximate surface area is 171 Å². The Kier molecular flexibility index (Phi) is 5.21. The maximum atomic E-state index is 12.9. The van der Waals surface area contributed by atoms with Crippen molar-refractivity contribution in [2.24, 2.45) is 0 Å². The molecule has 0 N–H and O–H groups in total. The van der Waals surface area contributed by atoms with Gasteiger partial charge in [-0.3, -0.25) is 14.5 Å². The third-order valence-electron chi connectivity index (χ3n) is 5.14. The quantitative estimate of drug-likeness (QED) is 0.674. The minimum Gasteiger partial charge on any atom is -0.369 e. The molecule has 0 unspecified atom stereocenters. The van der Waals surface area contributed by atoms with Gasteiger partial charge in [-0.05, 0) is 42.5 Å². The summed E-state index contributed by atoms with van der Waals surface area (Å²) in [5.41, 5.74) is 1.72. The van der Waals surface area contributed by atoms with E-state index in [2.05, 4.69) is 25.7 Å². The van der Waals surface area contributed by atoms with Gasteiger partial charge in [0.2, 0.25) is 5.91 Å². The van der Waals surface area contributed by atoms with Crippen LogP contribution in [0.2, 0.25) is 5.02 Å². The number of halogens is 2. The van der Waals surface area contributed by atoms with Crippen LogP contribution in [0.4, 0.5) is 11.4 Å². The molecule has 5 nitrogen and oxygen atoms in total. The molecule has 2 heterocycles. The molecule has 0 aromatic heterocycles. The zero-order chi connectivity index (χ0) is 19.0. The van der Waals surface area contributed by atoms with Crippen LogP contribution in [0.3, 0.4) is 0 Å². The summed E-state index contributed by atoms with van der Waals surface area (Å²) in [5.74, 6) is -0.261. The minimum absolute atomic E-state index is 0.126. The molecule has 2 aromatic rings. The van der Waals surface area contributed by atoms with Gasteiger partial charge in [-0.25, -0.2) is 4.90 Å². The molecule has 2 saturated heterocycles. The summed E-state index contributed by atoms with van der Waals surface area (Å²) in [6.07, 6.45) is 0.242. The van der Waals surface area contributed by atoms with Gasteiger partial charge in [0.15, 0.2) is 0 Å². The fourth-order valence-electron chi connectivity index (χ4n) is 3.73. The Morgan fingerprint density at radius 2 is 1.63 bits per heavy atom. The lowest BCUT2D eigenvalue weighted by Gasteiger charge is -2.38. The summed E-state index contributed by atoms with van der Waals surface area (Å²) in [5, 5.41) is 0.719. The lowest BCUT2D eigenvalue weighted by molar-refractivity contribution is -0.123. The van der Waals surface area contributed by atoms with Crippen LogP contribution in [0.25, 0.3) is 0 Å². The molecule has 0 spiro atoms. The lowest BCUT2D eigenvalue weighted by Crippen LogP contribution is -2.52. The van der Waals surface area contributed by atoms with Crippen LogP contribution in [-0.4, -0.2) is 48.9 Å². The third-order valence-corrected chi connectivity index (χ3v) is 5.90. The Hall–Kier alpha value is -1.89. The Balaban J connectivity index is 1.43. The smallest absolute Gasteiger partial charge is 0.251 e. The largest absolute Gasteiger partial charge is 0.369 e. The van der Waals surface area contributed by atoms with Crippen molar-refractivity contribution in [3.63, 3.8) is 0 Å². The molecular weight excluding hydrogens is 430 g/mol. The molecule has 0 radical (unpaired) electrons. The number of benzene rings is 2. The third kappa shape index (κ3) is 3.74. The van der Waals surface area contributed by atoms with E-state index in [0.29, 0.717) is 5.69 Å². The standard InChI is InChI=1S/C20H19BrClN3O2/c21-14-4-6-16(7-5-14)25-19(26)13-18(20(25)27)24-10-8-23(9-11-24)17-3-1-2-15(22)12-17/h1-7,12,18H,8-11,13H2/t18-/m0/s1. The lowest BCUT2D eigenvalue weighted by atomic mass is 10.1. The molecule has 0 saturated carbocycles. The summed E-state index contributed by atoms with van der Waals surface area (Å²) in [4.78, 5) is 31.1. The Morgan fingerprint density at radius 1 is 0.926 bits per heavy atom. The molecule has 2 aliphatic rings. The first-order valence-electron chi connectivity index (χ1n) is 8.90. The van der Waals surface area contributed by atoms with Crippen LogP contribution < -0.4 is 9.80 Å². The van der Waals surface area contributed by atoms with Gasteiger partial charge in [0.05, 0.1) is 18.2 Å². The molecule has 0 bridgehead atoms. The summed E-state index contributed by atoms with van der Waals surface area (Å²) < 4.78 is 0.916. The highest BCUT2D eigenvalue weighted by Gasteiger charge is 2.43. The number of piperazine rings is 1. The first kappa shape index (κ1) is 18.5. The highest BCUT2D eigenvalue weighted by molar-refractivity contribution is 9.10. The van der Waals surface area contributed by atoms with Gasteiger partial charge in [0.25, 0.3) is 5.91 Å². The van der Waals surface area contributed by atoms with E-state index in [4.69, 9.17) is 11.6 Å². The van der Waals surface area contributed by atoms with E-state index < -0.39 is 0 Å². The maximum absolute atomic E-state index is 12.9. The van der Waals surface area contributed by atoms with Gasteiger partial charge >= 0.3 is 0 Å². The number of hydrogen-bond acceptors (Lipinski definition) is 4. The topological polar surface area (TPSA) is 43.9 Å². The van der Waals surface area contributed by atoms with Gasteiger partial charge in [-0.15, -0.1) is 0 Å². The molecule has 27 heavy (non-hydrogen) atoms. The predicted molar refractivity (Wildman–Crippen MR) is 110 cm³/mol. The van der Waals surface area contributed by atoms with E-state index in [9.17, 15) is 9.59 Å². The van der Waals surface area contributed by atoms with Gasteiger partial charge in [-0.1, -0.05) is 33.6 Å². The average Bonchev–Trinajstić information content (AvgIpc) is 2.97. The minimum atomic E-state index is -0.373. The van der Waals surface area contributed by atoms with Crippen molar-refractivity contribution in [2.75, 3.05) is 36.0 Å². The second-order valence-corrected chi connectivity index (χ2v) is 8.12. The summed E-state index contributed by atoms with van der Waals surface area (Å²) >= 11 is 9.47. The Morgan fingerprint density at radius 3 is 2.30 bits per heavy atom. The van der Waals surface area contributed by atoms with Crippen molar-refractivity contribution in [2.45, 2.75) is 12.5 Å². The number of nitrogens with zero attached hydrogens (tertiary/aromatic N) is 3. The average molecular weight is 449 g/mol. The molecular formula is C20H19BrClN3O2. The molecule has 7 heteroatoms. The van der Waals surface area contributed by atoms with E-state index in [1.54, 1.807) is 12.1 Å². The molecule has 2 aromatic carbocycles. The number of amides is 2. The van der Waals surface area contributed by atoms with Gasteiger partial charge in [0.1, 0.15) is 0 Å². The van der Waals surface area contributed by atoms with Crippen molar-refractivity contribution in [3.05, 3.63) is 58.0 Å². The normalized spacial score (nSPS) is 21.2. The summed E-state index contributed by atoms with van der Waals surface area (Å²) in [7, 11) is 0. The first-order chi connectivity index (χ1) is 13.0. The molecule has 4 rings (SSSR count). The molecule has 140 valence electrons. The second kappa shape index (κ2) is 7.62. The van der Waals surface area contributed by atoms with Crippen LogP contribution in [0.1, 0.15) is 6.42 Å². The SMILES string of the molecule is O=C1C[C@H](N2CCN(c3cccc(Cl)c3)CC2)C(=O)N1c1ccc(Br)cc1. The van der Waals surface area contributed by atoms with Gasteiger partial charge in [-0.2, -0.15) is 0 Å². The van der Waals surface area contributed by atoms with E-state index in [1.165, 1.54) is 4.90 Å². The number of imide groups is 1. The zero-order valence-electron chi connectivity index (χ0n) is 14.6. The number of anilines is 2. The predicted octanol–water partition coefficient (Wildman–Crippen LogP) is 3.56.